The zero-order valence-electron chi connectivity index (χ0n) is 15.5. The summed E-state index contributed by atoms with van der Waals surface area (Å²) in [6, 6.07) is 17.6. The molecule has 0 saturated carbocycles. The summed E-state index contributed by atoms with van der Waals surface area (Å²) in [5.74, 6) is 0. The molecule has 0 bridgehead atoms. The highest BCUT2D eigenvalue weighted by atomic mass is 16.5. The molecule has 2 heterocycles. The number of fused-ring (bicyclic) bond motifs is 3. The maximum atomic E-state index is 6.39. The van der Waals surface area contributed by atoms with E-state index in [0.29, 0.717) is 0 Å². The Labute approximate surface area is 151 Å². The number of ether oxygens (including phenoxy) is 1. The minimum atomic E-state index is -0.390. The minimum Gasteiger partial charge on any atom is -0.349 e. The second-order valence-electron chi connectivity index (χ2n) is 7.66. The van der Waals surface area contributed by atoms with Crippen LogP contribution in [0.1, 0.15) is 43.9 Å². The maximum Gasteiger partial charge on any atom is 0.170 e. The van der Waals surface area contributed by atoms with Gasteiger partial charge in [0.15, 0.2) is 5.72 Å². The minimum absolute atomic E-state index is 0.0846. The summed E-state index contributed by atoms with van der Waals surface area (Å²) in [6.07, 6.45) is 6.83. The lowest BCUT2D eigenvalue weighted by Crippen LogP contribution is -2.51. The molecule has 2 aromatic carbocycles. The number of hydrogen-bond acceptors (Lipinski definition) is 2. The Balaban J connectivity index is 1.69. The average Bonchev–Trinajstić information content (AvgIpc) is 3.13. The summed E-state index contributed by atoms with van der Waals surface area (Å²) in [4.78, 5) is 2.43. The first-order chi connectivity index (χ1) is 12.1. The van der Waals surface area contributed by atoms with Gasteiger partial charge in [0.1, 0.15) is 0 Å². The topological polar surface area (TPSA) is 12.5 Å². The van der Waals surface area contributed by atoms with Crippen LogP contribution in [0.25, 0.3) is 6.08 Å². The van der Waals surface area contributed by atoms with Crippen LogP contribution in [0, 0.1) is 0 Å². The largest absolute Gasteiger partial charge is 0.349 e. The Morgan fingerprint density at radius 2 is 1.84 bits per heavy atom. The molecule has 0 aromatic heterocycles. The molecule has 2 aromatic rings. The summed E-state index contributed by atoms with van der Waals surface area (Å²) in [5.41, 5.74) is 4.85. The Morgan fingerprint density at radius 3 is 2.60 bits per heavy atom. The van der Waals surface area contributed by atoms with Gasteiger partial charge >= 0.3 is 0 Å². The van der Waals surface area contributed by atoms with Crippen molar-refractivity contribution >= 4 is 11.8 Å². The van der Waals surface area contributed by atoms with Crippen LogP contribution >= 0.6 is 0 Å². The zero-order valence-corrected chi connectivity index (χ0v) is 15.5. The molecule has 0 radical (unpaired) electrons. The number of aryl methyl sites for hydroxylation is 1. The van der Waals surface area contributed by atoms with E-state index in [-0.39, 0.29) is 5.41 Å². The van der Waals surface area contributed by atoms with Gasteiger partial charge in [-0.2, -0.15) is 0 Å². The third-order valence-corrected chi connectivity index (χ3v) is 5.82. The SMILES string of the molecule is CCCc1ccc(C=CC23OCCN2c2ccccc2C3(C)C)cc1. The van der Waals surface area contributed by atoms with Crippen LogP contribution in [0.2, 0.25) is 0 Å². The predicted octanol–water partition coefficient (Wildman–Crippen LogP) is 5.18. The molecule has 2 aliphatic heterocycles. The van der Waals surface area contributed by atoms with Crippen molar-refractivity contribution in [1.29, 1.82) is 0 Å². The molecule has 0 aliphatic carbocycles. The number of benzene rings is 2. The number of nitrogens with zero attached hydrogens (tertiary/aromatic N) is 1. The molecule has 2 heteroatoms. The first-order valence-corrected chi connectivity index (χ1v) is 9.38. The molecular formula is C23H27NO. The molecular weight excluding hydrogens is 306 g/mol. The smallest absolute Gasteiger partial charge is 0.170 e. The normalized spacial score (nSPS) is 23.9. The van der Waals surface area contributed by atoms with Crippen molar-refractivity contribution in [2.75, 3.05) is 18.1 Å². The van der Waals surface area contributed by atoms with Crippen molar-refractivity contribution in [2.24, 2.45) is 0 Å². The molecule has 1 saturated heterocycles. The Kier molecular flexibility index (Phi) is 3.96. The van der Waals surface area contributed by atoms with Crippen molar-refractivity contribution < 1.29 is 4.74 Å². The highest BCUT2D eigenvalue weighted by molar-refractivity contribution is 5.69. The van der Waals surface area contributed by atoms with E-state index in [1.54, 1.807) is 0 Å². The summed E-state index contributed by atoms with van der Waals surface area (Å²) in [6.45, 7) is 8.54. The van der Waals surface area contributed by atoms with Crippen LogP contribution < -0.4 is 4.90 Å². The van der Waals surface area contributed by atoms with E-state index in [9.17, 15) is 0 Å². The van der Waals surface area contributed by atoms with E-state index in [0.717, 1.165) is 19.6 Å². The van der Waals surface area contributed by atoms with Crippen LogP contribution in [-0.2, 0) is 16.6 Å². The van der Waals surface area contributed by atoms with Crippen molar-refractivity contribution in [3.05, 3.63) is 71.3 Å². The van der Waals surface area contributed by atoms with Gasteiger partial charge in [-0.15, -0.1) is 0 Å². The van der Waals surface area contributed by atoms with Gasteiger partial charge in [-0.1, -0.05) is 75.7 Å². The number of para-hydroxylation sites is 1. The molecule has 1 fully saturated rings. The Bertz CT molecular complexity index is 790. The first kappa shape index (κ1) is 16.4. The van der Waals surface area contributed by atoms with Crippen molar-refractivity contribution in [2.45, 2.75) is 44.8 Å². The lowest BCUT2D eigenvalue weighted by atomic mass is 9.77. The standard InChI is InChI=1S/C23H27NO/c1-4-7-18-10-12-19(13-11-18)14-15-23-22(2,3)20-8-5-6-9-21(20)24(23)16-17-25-23/h5-6,8-15H,4,7,16-17H2,1-3H3. The van der Waals surface area contributed by atoms with Gasteiger partial charge in [-0.3, -0.25) is 0 Å². The third kappa shape index (κ3) is 2.43. The molecule has 2 nitrogen and oxygen atoms in total. The van der Waals surface area contributed by atoms with Crippen LogP contribution in [0.3, 0.4) is 0 Å². The highest BCUT2D eigenvalue weighted by Crippen LogP contribution is 2.54. The van der Waals surface area contributed by atoms with Crippen LogP contribution in [0.4, 0.5) is 5.69 Å². The van der Waals surface area contributed by atoms with Gasteiger partial charge in [0, 0.05) is 17.6 Å². The molecule has 0 spiro atoms. The van der Waals surface area contributed by atoms with Gasteiger partial charge in [-0.05, 0) is 35.3 Å². The van der Waals surface area contributed by atoms with E-state index in [1.165, 1.54) is 28.8 Å². The summed E-state index contributed by atoms with van der Waals surface area (Å²) < 4.78 is 6.39. The summed E-state index contributed by atoms with van der Waals surface area (Å²) in [5, 5.41) is 0. The Hall–Kier alpha value is -2.06. The Morgan fingerprint density at radius 1 is 1.08 bits per heavy atom. The van der Waals surface area contributed by atoms with Crippen LogP contribution in [-0.4, -0.2) is 18.9 Å². The second kappa shape index (κ2) is 6.03. The first-order valence-electron chi connectivity index (χ1n) is 9.38. The molecule has 25 heavy (non-hydrogen) atoms. The lowest BCUT2D eigenvalue weighted by Gasteiger charge is -2.39. The third-order valence-electron chi connectivity index (χ3n) is 5.82. The molecule has 130 valence electrons. The van der Waals surface area contributed by atoms with E-state index in [4.69, 9.17) is 4.74 Å². The molecule has 1 unspecified atom stereocenters. The predicted molar refractivity (Wildman–Crippen MR) is 105 cm³/mol. The highest BCUT2D eigenvalue weighted by Gasteiger charge is 2.58. The fraction of sp³-hybridized carbons (Fsp3) is 0.391. The van der Waals surface area contributed by atoms with Gasteiger partial charge < -0.3 is 9.64 Å². The van der Waals surface area contributed by atoms with Crippen molar-refractivity contribution in [1.82, 2.24) is 0 Å². The van der Waals surface area contributed by atoms with Crippen molar-refractivity contribution in [3.8, 4) is 0 Å². The summed E-state index contributed by atoms with van der Waals surface area (Å²) >= 11 is 0. The zero-order chi connectivity index (χ0) is 17.5. The quantitative estimate of drug-likeness (QED) is 0.765. The fourth-order valence-corrected chi connectivity index (χ4v) is 4.42. The molecule has 4 rings (SSSR count). The van der Waals surface area contributed by atoms with Gasteiger partial charge in [0.2, 0.25) is 0 Å². The van der Waals surface area contributed by atoms with E-state index in [1.807, 2.05) is 0 Å². The molecule has 1 atom stereocenters. The van der Waals surface area contributed by atoms with E-state index < -0.39 is 5.72 Å². The fourth-order valence-electron chi connectivity index (χ4n) is 4.42. The van der Waals surface area contributed by atoms with Crippen LogP contribution in [0.15, 0.2) is 54.6 Å². The van der Waals surface area contributed by atoms with E-state index in [2.05, 4.69) is 86.4 Å². The van der Waals surface area contributed by atoms with Gasteiger partial charge in [0.05, 0.1) is 6.61 Å². The summed E-state index contributed by atoms with van der Waals surface area (Å²) in [7, 11) is 0. The van der Waals surface area contributed by atoms with Crippen molar-refractivity contribution in [3.63, 3.8) is 0 Å². The van der Waals surface area contributed by atoms with Gasteiger partial charge in [-0.25, -0.2) is 0 Å². The number of anilines is 1. The second-order valence-corrected chi connectivity index (χ2v) is 7.66. The molecule has 0 N–H and O–H groups in total. The molecule has 0 amide bonds. The lowest BCUT2D eigenvalue weighted by molar-refractivity contribution is 0.000337. The number of hydrogen-bond donors (Lipinski definition) is 0. The monoisotopic (exact) mass is 333 g/mol. The maximum absolute atomic E-state index is 6.39. The number of rotatable bonds is 4. The van der Waals surface area contributed by atoms with Crippen LogP contribution in [0.5, 0.6) is 0 Å². The van der Waals surface area contributed by atoms with Gasteiger partial charge in [0.25, 0.3) is 0 Å². The van der Waals surface area contributed by atoms with E-state index >= 15 is 0 Å². The molecule has 2 aliphatic rings. The average molecular weight is 333 g/mol.